The summed E-state index contributed by atoms with van der Waals surface area (Å²) in [5.74, 6) is 0.923. The molecule has 3 N–H and O–H groups in total. The maximum atomic E-state index is 11.7. The van der Waals surface area contributed by atoms with E-state index in [1.807, 2.05) is 26.0 Å². The Bertz CT molecular complexity index is 451. The monoisotopic (exact) mass is 296 g/mol. The van der Waals surface area contributed by atoms with E-state index in [9.17, 15) is 4.79 Å². The van der Waals surface area contributed by atoms with E-state index in [0.717, 1.165) is 5.56 Å². The molecule has 1 unspecified atom stereocenters. The van der Waals surface area contributed by atoms with Gasteiger partial charge < -0.3 is 25.3 Å². The van der Waals surface area contributed by atoms with E-state index in [2.05, 4.69) is 5.32 Å². The van der Waals surface area contributed by atoms with E-state index < -0.39 is 0 Å². The molecule has 118 valence electrons. The lowest BCUT2D eigenvalue weighted by Gasteiger charge is -2.15. The van der Waals surface area contributed by atoms with E-state index in [1.54, 1.807) is 13.2 Å². The fraction of sp³-hybridized carbons (Fsp3) is 0.533. The minimum Gasteiger partial charge on any atom is -0.490 e. The van der Waals surface area contributed by atoms with Gasteiger partial charge in [-0.2, -0.15) is 0 Å². The number of hydrogen-bond acceptors (Lipinski definition) is 5. The summed E-state index contributed by atoms with van der Waals surface area (Å²) in [5.41, 5.74) is 6.55. The Labute approximate surface area is 125 Å². The van der Waals surface area contributed by atoms with E-state index >= 15 is 0 Å². The number of methoxy groups -OCH3 is 1. The van der Waals surface area contributed by atoms with Crippen LogP contribution in [0, 0.1) is 0 Å². The third-order valence-electron chi connectivity index (χ3n) is 2.73. The van der Waals surface area contributed by atoms with Gasteiger partial charge in [-0.1, -0.05) is 6.07 Å². The van der Waals surface area contributed by atoms with Crippen molar-refractivity contribution in [2.45, 2.75) is 26.4 Å². The number of amides is 1. The van der Waals surface area contributed by atoms with Gasteiger partial charge in [0.15, 0.2) is 18.1 Å². The number of benzene rings is 1. The van der Waals surface area contributed by atoms with Crippen LogP contribution in [0.3, 0.4) is 0 Å². The molecule has 6 heteroatoms. The molecule has 0 aliphatic heterocycles. The van der Waals surface area contributed by atoms with Crippen LogP contribution in [0.25, 0.3) is 0 Å². The number of nitrogens with two attached hydrogens (primary N) is 1. The van der Waals surface area contributed by atoms with Crippen molar-refractivity contribution in [2.75, 3.05) is 26.9 Å². The van der Waals surface area contributed by atoms with Gasteiger partial charge in [-0.05, 0) is 31.5 Å². The van der Waals surface area contributed by atoms with E-state index in [-0.39, 0.29) is 18.6 Å². The quantitative estimate of drug-likeness (QED) is 0.712. The van der Waals surface area contributed by atoms with E-state index in [1.165, 1.54) is 0 Å². The van der Waals surface area contributed by atoms with Crippen molar-refractivity contribution in [1.82, 2.24) is 5.32 Å². The maximum Gasteiger partial charge on any atom is 0.258 e. The number of ether oxygens (including phenoxy) is 3. The minimum atomic E-state index is -0.204. The summed E-state index contributed by atoms with van der Waals surface area (Å²) in [4.78, 5) is 11.7. The second kappa shape index (κ2) is 9.20. The Morgan fingerprint density at radius 3 is 2.71 bits per heavy atom. The molecule has 0 bridgehead atoms. The number of carbonyl (C=O) groups is 1. The van der Waals surface area contributed by atoms with Crippen LogP contribution in [0.5, 0.6) is 11.5 Å². The van der Waals surface area contributed by atoms with Crippen LogP contribution in [-0.4, -0.2) is 38.9 Å². The Hall–Kier alpha value is -1.79. The first-order valence-corrected chi connectivity index (χ1v) is 6.97. The minimum absolute atomic E-state index is 0.0583. The predicted octanol–water partition coefficient (Wildman–Crippen LogP) is 1.07. The Morgan fingerprint density at radius 1 is 1.33 bits per heavy atom. The topological polar surface area (TPSA) is 82.8 Å². The molecule has 0 radical (unpaired) electrons. The van der Waals surface area contributed by atoms with Crippen LogP contribution in [0.2, 0.25) is 0 Å². The first kappa shape index (κ1) is 17.3. The number of carbonyl (C=O) groups excluding carboxylic acids is 1. The van der Waals surface area contributed by atoms with Crippen LogP contribution < -0.4 is 20.5 Å². The lowest BCUT2D eigenvalue weighted by molar-refractivity contribution is -0.124. The normalized spacial score (nSPS) is 11.8. The largest absolute Gasteiger partial charge is 0.490 e. The van der Waals surface area contributed by atoms with Gasteiger partial charge in [-0.15, -0.1) is 0 Å². The lowest BCUT2D eigenvalue weighted by atomic mass is 10.2. The van der Waals surface area contributed by atoms with Crippen molar-refractivity contribution in [3.8, 4) is 11.5 Å². The summed E-state index contributed by atoms with van der Waals surface area (Å²) >= 11 is 0. The van der Waals surface area contributed by atoms with Crippen LogP contribution in [0.15, 0.2) is 18.2 Å². The van der Waals surface area contributed by atoms with Gasteiger partial charge in [0, 0.05) is 19.7 Å². The molecule has 6 nitrogen and oxygen atoms in total. The molecule has 1 atom stereocenters. The highest BCUT2D eigenvalue weighted by Crippen LogP contribution is 2.28. The molecule has 0 aromatic heterocycles. The van der Waals surface area contributed by atoms with Crippen molar-refractivity contribution in [2.24, 2.45) is 5.73 Å². The second-order valence-corrected chi connectivity index (χ2v) is 4.63. The fourth-order valence-corrected chi connectivity index (χ4v) is 1.82. The van der Waals surface area contributed by atoms with Gasteiger partial charge in [0.1, 0.15) is 0 Å². The summed E-state index contributed by atoms with van der Waals surface area (Å²) in [6, 6.07) is 5.38. The van der Waals surface area contributed by atoms with Crippen molar-refractivity contribution >= 4 is 5.91 Å². The van der Waals surface area contributed by atoms with Crippen molar-refractivity contribution in [3.63, 3.8) is 0 Å². The molecule has 1 aromatic rings. The molecule has 1 rings (SSSR count). The molecule has 0 saturated heterocycles. The van der Waals surface area contributed by atoms with Gasteiger partial charge in [0.25, 0.3) is 5.91 Å². The molecule has 0 aliphatic rings. The molecular weight excluding hydrogens is 272 g/mol. The van der Waals surface area contributed by atoms with Gasteiger partial charge in [0.05, 0.1) is 13.2 Å². The zero-order chi connectivity index (χ0) is 15.7. The zero-order valence-corrected chi connectivity index (χ0v) is 12.8. The Kier molecular flexibility index (Phi) is 7.56. The maximum absolute atomic E-state index is 11.7. The van der Waals surface area contributed by atoms with E-state index in [0.29, 0.717) is 31.3 Å². The zero-order valence-electron chi connectivity index (χ0n) is 12.8. The Morgan fingerprint density at radius 2 is 2.10 bits per heavy atom. The molecule has 1 aromatic carbocycles. The third kappa shape index (κ3) is 6.01. The molecule has 0 spiro atoms. The van der Waals surface area contributed by atoms with Crippen LogP contribution in [0.4, 0.5) is 0 Å². The summed E-state index contributed by atoms with van der Waals surface area (Å²) < 4.78 is 16.0. The average molecular weight is 296 g/mol. The van der Waals surface area contributed by atoms with Gasteiger partial charge in [-0.3, -0.25) is 4.79 Å². The summed E-state index contributed by atoms with van der Waals surface area (Å²) in [7, 11) is 1.59. The Balaban J connectivity index is 2.59. The summed E-state index contributed by atoms with van der Waals surface area (Å²) in [6.07, 6.45) is 0. The molecule has 0 heterocycles. The predicted molar refractivity (Wildman–Crippen MR) is 80.5 cm³/mol. The summed E-state index contributed by atoms with van der Waals surface area (Å²) in [5, 5.41) is 2.78. The van der Waals surface area contributed by atoms with Gasteiger partial charge >= 0.3 is 0 Å². The fourth-order valence-electron chi connectivity index (χ4n) is 1.82. The van der Waals surface area contributed by atoms with Gasteiger partial charge in [0.2, 0.25) is 0 Å². The van der Waals surface area contributed by atoms with Crippen LogP contribution in [-0.2, 0) is 16.1 Å². The summed E-state index contributed by atoms with van der Waals surface area (Å²) in [6.45, 7) is 5.08. The smallest absolute Gasteiger partial charge is 0.258 e. The molecular formula is C15H24N2O4. The van der Waals surface area contributed by atoms with Gasteiger partial charge in [-0.25, -0.2) is 0 Å². The van der Waals surface area contributed by atoms with Crippen LogP contribution >= 0.6 is 0 Å². The first-order valence-electron chi connectivity index (χ1n) is 6.97. The highest BCUT2D eigenvalue weighted by atomic mass is 16.5. The SMILES string of the molecule is CCOc1cc(CN)ccc1OCC(=O)NC(C)COC. The first-order chi connectivity index (χ1) is 10.1. The molecule has 0 saturated carbocycles. The lowest BCUT2D eigenvalue weighted by Crippen LogP contribution is -2.38. The highest BCUT2D eigenvalue weighted by Gasteiger charge is 2.11. The average Bonchev–Trinajstić information content (AvgIpc) is 2.46. The number of rotatable bonds is 9. The van der Waals surface area contributed by atoms with Crippen LogP contribution in [0.1, 0.15) is 19.4 Å². The van der Waals surface area contributed by atoms with Crippen molar-refractivity contribution < 1.29 is 19.0 Å². The number of nitrogens with one attached hydrogen (secondary N) is 1. The molecule has 1 amide bonds. The van der Waals surface area contributed by atoms with Crippen molar-refractivity contribution in [3.05, 3.63) is 23.8 Å². The van der Waals surface area contributed by atoms with E-state index in [4.69, 9.17) is 19.9 Å². The number of hydrogen-bond donors (Lipinski definition) is 2. The highest BCUT2D eigenvalue weighted by molar-refractivity contribution is 5.77. The third-order valence-corrected chi connectivity index (χ3v) is 2.73. The second-order valence-electron chi connectivity index (χ2n) is 4.63. The van der Waals surface area contributed by atoms with Crippen molar-refractivity contribution in [1.29, 1.82) is 0 Å². The standard InChI is InChI=1S/C15H24N2O4/c1-4-20-14-7-12(8-16)5-6-13(14)21-10-15(18)17-11(2)9-19-3/h5-7,11H,4,8-10,16H2,1-3H3,(H,17,18). The molecule has 0 fully saturated rings. The molecule has 0 aliphatic carbocycles. The molecule has 21 heavy (non-hydrogen) atoms.